The quantitative estimate of drug-likeness (QED) is 0.578. The summed E-state index contributed by atoms with van der Waals surface area (Å²) in [5.74, 6) is 2.01. The molecule has 1 aromatic carbocycles. The Kier molecular flexibility index (Phi) is 5.37. The number of thioether (sulfide) groups is 1. The van der Waals surface area contributed by atoms with E-state index in [1.807, 2.05) is 28.8 Å². The molecule has 2 heterocycles. The van der Waals surface area contributed by atoms with E-state index in [4.69, 9.17) is 9.72 Å². The van der Waals surface area contributed by atoms with E-state index in [0.717, 1.165) is 47.7 Å². The molecule has 5 heteroatoms. The van der Waals surface area contributed by atoms with Crippen LogP contribution in [0.4, 0.5) is 0 Å². The molecule has 140 valence electrons. The van der Waals surface area contributed by atoms with Gasteiger partial charge in [0.15, 0.2) is 5.16 Å². The molecule has 26 heavy (non-hydrogen) atoms. The Bertz CT molecular complexity index is 828. The first-order chi connectivity index (χ1) is 12.6. The summed E-state index contributed by atoms with van der Waals surface area (Å²) in [7, 11) is 0. The number of nitrogens with zero attached hydrogens (tertiary/aromatic N) is 2. The molecule has 0 spiro atoms. The summed E-state index contributed by atoms with van der Waals surface area (Å²) >= 11 is 1.70. The van der Waals surface area contributed by atoms with Gasteiger partial charge in [-0.2, -0.15) is 0 Å². The Hall–Kier alpha value is -1.33. The van der Waals surface area contributed by atoms with Gasteiger partial charge in [0.25, 0.3) is 5.56 Å². The molecule has 1 saturated heterocycles. The Morgan fingerprint density at radius 3 is 2.85 bits per heavy atom. The molecule has 1 aliphatic carbocycles. The van der Waals surface area contributed by atoms with Crippen molar-refractivity contribution in [1.29, 1.82) is 0 Å². The van der Waals surface area contributed by atoms with E-state index in [9.17, 15) is 4.79 Å². The third-order valence-corrected chi connectivity index (χ3v) is 7.28. The maximum Gasteiger partial charge on any atom is 0.262 e. The van der Waals surface area contributed by atoms with Gasteiger partial charge in [0.2, 0.25) is 0 Å². The van der Waals surface area contributed by atoms with Crippen LogP contribution < -0.4 is 5.56 Å². The van der Waals surface area contributed by atoms with Crippen LogP contribution >= 0.6 is 11.8 Å². The van der Waals surface area contributed by atoms with Crippen LogP contribution in [0, 0.1) is 11.8 Å². The van der Waals surface area contributed by atoms with Crippen LogP contribution in [0.25, 0.3) is 10.9 Å². The number of ether oxygens (including phenoxy) is 1. The molecular weight excluding hydrogens is 344 g/mol. The minimum atomic E-state index is 0.122. The second-order valence-corrected chi connectivity index (χ2v) is 8.85. The predicted molar refractivity (Wildman–Crippen MR) is 107 cm³/mol. The summed E-state index contributed by atoms with van der Waals surface area (Å²) < 4.78 is 7.80. The molecule has 0 amide bonds. The fraction of sp³-hybridized carbons (Fsp3) is 0.619. The van der Waals surface area contributed by atoms with Crippen LogP contribution in [-0.2, 0) is 4.74 Å². The summed E-state index contributed by atoms with van der Waals surface area (Å²) in [5.41, 5.74) is 0.927. The smallest absolute Gasteiger partial charge is 0.262 e. The summed E-state index contributed by atoms with van der Waals surface area (Å²) in [4.78, 5) is 18.3. The Balaban J connectivity index is 1.75. The largest absolute Gasteiger partial charge is 0.377 e. The number of hydrogen-bond acceptors (Lipinski definition) is 4. The molecular formula is C21H28N2O2S. The zero-order valence-corrected chi connectivity index (χ0v) is 16.5. The maximum absolute atomic E-state index is 13.4. The van der Waals surface area contributed by atoms with Crippen molar-refractivity contribution in [3.63, 3.8) is 0 Å². The van der Waals surface area contributed by atoms with Gasteiger partial charge in [-0.05, 0) is 43.2 Å². The normalized spacial score (nSPS) is 29.3. The molecule has 0 unspecified atom stereocenters. The molecule has 1 saturated carbocycles. The summed E-state index contributed by atoms with van der Waals surface area (Å²) in [5, 5.41) is 1.61. The summed E-state index contributed by atoms with van der Waals surface area (Å²) in [6.45, 7) is 5.47. The van der Waals surface area contributed by atoms with Crippen LogP contribution in [0.15, 0.2) is 34.2 Å². The minimum absolute atomic E-state index is 0.122. The van der Waals surface area contributed by atoms with Crippen molar-refractivity contribution >= 4 is 22.7 Å². The highest BCUT2D eigenvalue weighted by atomic mass is 32.2. The number of rotatable bonds is 4. The van der Waals surface area contributed by atoms with E-state index in [1.165, 1.54) is 12.8 Å². The molecule has 0 N–H and O–H groups in total. The Morgan fingerprint density at radius 2 is 2.04 bits per heavy atom. The van der Waals surface area contributed by atoms with E-state index in [2.05, 4.69) is 13.8 Å². The number of hydrogen-bond donors (Lipinski definition) is 0. The lowest BCUT2D eigenvalue weighted by Gasteiger charge is -2.36. The third-order valence-electron chi connectivity index (χ3n) is 6.19. The van der Waals surface area contributed by atoms with Crippen molar-refractivity contribution in [3.05, 3.63) is 34.6 Å². The van der Waals surface area contributed by atoms with Gasteiger partial charge in [-0.3, -0.25) is 9.36 Å². The van der Waals surface area contributed by atoms with Gasteiger partial charge in [0.05, 0.1) is 17.0 Å². The highest BCUT2D eigenvalue weighted by Gasteiger charge is 2.31. The van der Waals surface area contributed by atoms with Crippen LogP contribution in [0.2, 0.25) is 0 Å². The number of fused-ring (bicyclic) bond motifs is 1. The first-order valence-corrected chi connectivity index (χ1v) is 10.9. The Labute approximate surface area is 159 Å². The number of benzene rings is 1. The second-order valence-electron chi connectivity index (χ2n) is 7.87. The molecule has 2 aliphatic rings. The first kappa shape index (κ1) is 18.1. The van der Waals surface area contributed by atoms with E-state index >= 15 is 0 Å². The molecule has 0 bridgehead atoms. The van der Waals surface area contributed by atoms with Crippen molar-refractivity contribution in [2.45, 2.75) is 63.3 Å². The fourth-order valence-electron chi connectivity index (χ4n) is 4.38. The Morgan fingerprint density at radius 1 is 1.19 bits per heavy atom. The lowest BCUT2D eigenvalue weighted by Crippen LogP contribution is -2.35. The van der Waals surface area contributed by atoms with Gasteiger partial charge in [-0.15, -0.1) is 0 Å². The van der Waals surface area contributed by atoms with E-state index in [0.29, 0.717) is 17.9 Å². The second kappa shape index (κ2) is 7.73. The summed E-state index contributed by atoms with van der Waals surface area (Å²) in [6, 6.07) is 7.99. The van der Waals surface area contributed by atoms with Gasteiger partial charge in [0, 0.05) is 18.4 Å². The standard InChI is InChI=1S/C21H28N2O2S/c1-14-7-5-11-19(15(14)2)23-20(24)17-9-3-4-10-18(17)22-21(23)26-13-16-8-6-12-25-16/h3-4,9-10,14-16,19H,5-8,11-13H2,1-2H3/t14-,15+,16-,19-/m0/s1. The molecule has 2 aromatic rings. The van der Waals surface area contributed by atoms with E-state index in [1.54, 1.807) is 11.8 Å². The number of para-hydroxylation sites is 1. The predicted octanol–water partition coefficient (Wildman–Crippen LogP) is 4.66. The van der Waals surface area contributed by atoms with Gasteiger partial charge < -0.3 is 4.74 Å². The van der Waals surface area contributed by atoms with Gasteiger partial charge in [0.1, 0.15) is 0 Å². The highest BCUT2D eigenvalue weighted by Crippen LogP contribution is 2.39. The van der Waals surface area contributed by atoms with Gasteiger partial charge >= 0.3 is 0 Å². The molecule has 4 atom stereocenters. The average Bonchev–Trinajstić information content (AvgIpc) is 3.17. The lowest BCUT2D eigenvalue weighted by molar-refractivity contribution is 0.128. The van der Waals surface area contributed by atoms with Crippen molar-refractivity contribution in [1.82, 2.24) is 9.55 Å². The molecule has 0 radical (unpaired) electrons. The third kappa shape index (κ3) is 3.44. The van der Waals surface area contributed by atoms with Gasteiger partial charge in [-0.25, -0.2) is 4.98 Å². The van der Waals surface area contributed by atoms with E-state index < -0.39 is 0 Å². The molecule has 4 nitrogen and oxygen atoms in total. The zero-order valence-electron chi connectivity index (χ0n) is 15.7. The number of aromatic nitrogens is 2. The van der Waals surface area contributed by atoms with Crippen LogP contribution in [0.3, 0.4) is 0 Å². The molecule has 1 aromatic heterocycles. The monoisotopic (exact) mass is 372 g/mol. The lowest BCUT2D eigenvalue weighted by atomic mass is 9.78. The maximum atomic E-state index is 13.4. The fourth-order valence-corrected chi connectivity index (χ4v) is 5.50. The average molecular weight is 373 g/mol. The van der Waals surface area contributed by atoms with Crippen molar-refractivity contribution < 1.29 is 4.74 Å². The van der Waals surface area contributed by atoms with Crippen LogP contribution in [0.5, 0.6) is 0 Å². The van der Waals surface area contributed by atoms with Crippen molar-refractivity contribution in [3.8, 4) is 0 Å². The zero-order chi connectivity index (χ0) is 18.1. The van der Waals surface area contributed by atoms with Crippen LogP contribution in [-0.4, -0.2) is 28.0 Å². The SMILES string of the molecule is C[C@@H]1[C@@H](C)CCC[C@@H]1n1c(SC[C@@H]2CCCO2)nc2ccccc2c1=O. The van der Waals surface area contributed by atoms with Crippen LogP contribution in [0.1, 0.15) is 52.0 Å². The summed E-state index contributed by atoms with van der Waals surface area (Å²) in [6.07, 6.45) is 6.05. The topological polar surface area (TPSA) is 44.1 Å². The molecule has 2 fully saturated rings. The minimum Gasteiger partial charge on any atom is -0.377 e. The van der Waals surface area contributed by atoms with Crippen molar-refractivity contribution in [2.75, 3.05) is 12.4 Å². The first-order valence-electron chi connectivity index (χ1n) is 9.91. The van der Waals surface area contributed by atoms with Crippen molar-refractivity contribution in [2.24, 2.45) is 11.8 Å². The van der Waals surface area contributed by atoms with Gasteiger partial charge in [-0.1, -0.05) is 50.6 Å². The molecule has 1 aliphatic heterocycles. The molecule has 4 rings (SSSR count). The highest BCUT2D eigenvalue weighted by molar-refractivity contribution is 7.99. The van der Waals surface area contributed by atoms with E-state index in [-0.39, 0.29) is 11.6 Å².